The van der Waals surface area contributed by atoms with Crippen molar-refractivity contribution in [3.8, 4) is 28.8 Å². The highest BCUT2D eigenvalue weighted by Gasteiger charge is 2.11. The van der Waals surface area contributed by atoms with Crippen LogP contribution >= 0.6 is 11.6 Å². The number of nitrogens with zero attached hydrogens (tertiary/aromatic N) is 4. The lowest BCUT2D eigenvalue weighted by molar-refractivity contribution is -0.123. The van der Waals surface area contributed by atoms with Crippen molar-refractivity contribution in [1.82, 2.24) is 25.1 Å². The van der Waals surface area contributed by atoms with E-state index < -0.39 is 0 Å². The Kier molecular flexibility index (Phi) is 7.12. The number of ether oxygens (including phenoxy) is 3. The number of aromatic nitrogens is 4. The molecule has 0 atom stereocenters. The molecule has 2 aromatic heterocycles. The van der Waals surface area contributed by atoms with Gasteiger partial charge in [0, 0.05) is 16.7 Å². The van der Waals surface area contributed by atoms with Crippen LogP contribution in [0.15, 0.2) is 48.5 Å². The molecule has 2 aromatic carbocycles. The third kappa shape index (κ3) is 5.37. The van der Waals surface area contributed by atoms with Crippen LogP contribution in [0.1, 0.15) is 11.1 Å². The molecule has 0 saturated carbocycles. The summed E-state index contributed by atoms with van der Waals surface area (Å²) in [4.78, 5) is 12.1. The summed E-state index contributed by atoms with van der Waals surface area (Å²) >= 11 is 6.16. The third-order valence-electron chi connectivity index (χ3n) is 5.04. The number of hydrogen-bond donors (Lipinski definition) is 1. The molecule has 1 N–H and O–H groups in total. The predicted molar refractivity (Wildman–Crippen MR) is 128 cm³/mol. The van der Waals surface area contributed by atoms with Crippen molar-refractivity contribution in [3.05, 3.63) is 64.7 Å². The first-order valence-corrected chi connectivity index (χ1v) is 11.0. The Morgan fingerprint density at radius 3 is 2.44 bits per heavy atom. The highest BCUT2D eigenvalue weighted by molar-refractivity contribution is 6.32. The molecule has 2 heterocycles. The maximum absolute atomic E-state index is 12.1. The summed E-state index contributed by atoms with van der Waals surface area (Å²) in [6, 6.07) is 14.5. The van der Waals surface area contributed by atoms with Crippen LogP contribution in [0.5, 0.6) is 17.4 Å². The van der Waals surface area contributed by atoms with E-state index in [1.807, 2.05) is 38.1 Å². The molecular formula is C24H24ClN5O4. The van der Waals surface area contributed by atoms with Crippen molar-refractivity contribution in [1.29, 1.82) is 0 Å². The average molecular weight is 482 g/mol. The molecular weight excluding hydrogens is 458 g/mol. The van der Waals surface area contributed by atoms with Crippen molar-refractivity contribution in [2.75, 3.05) is 26.9 Å². The van der Waals surface area contributed by atoms with Gasteiger partial charge in [-0.1, -0.05) is 11.6 Å². The van der Waals surface area contributed by atoms with Crippen LogP contribution < -0.4 is 19.5 Å². The highest BCUT2D eigenvalue weighted by Crippen LogP contribution is 2.26. The van der Waals surface area contributed by atoms with Gasteiger partial charge in [0.1, 0.15) is 18.1 Å². The van der Waals surface area contributed by atoms with Crippen molar-refractivity contribution >= 4 is 23.2 Å². The molecule has 34 heavy (non-hydrogen) atoms. The lowest BCUT2D eigenvalue weighted by Gasteiger charge is -2.11. The summed E-state index contributed by atoms with van der Waals surface area (Å²) in [7, 11) is 1.61. The van der Waals surface area contributed by atoms with Crippen LogP contribution in [0.3, 0.4) is 0 Å². The summed E-state index contributed by atoms with van der Waals surface area (Å²) in [5.74, 6) is 2.07. The van der Waals surface area contributed by atoms with E-state index in [1.165, 1.54) is 0 Å². The van der Waals surface area contributed by atoms with Crippen molar-refractivity contribution in [2.24, 2.45) is 0 Å². The van der Waals surface area contributed by atoms with Crippen LogP contribution in [-0.2, 0) is 4.79 Å². The molecule has 9 nitrogen and oxygen atoms in total. The molecule has 4 aromatic rings. The van der Waals surface area contributed by atoms with Gasteiger partial charge in [-0.15, -0.1) is 15.3 Å². The number of methoxy groups -OCH3 is 1. The number of rotatable bonds is 9. The van der Waals surface area contributed by atoms with Gasteiger partial charge in [0.25, 0.3) is 5.91 Å². The zero-order valence-corrected chi connectivity index (χ0v) is 19.8. The molecule has 10 heteroatoms. The molecule has 0 fully saturated rings. The van der Waals surface area contributed by atoms with E-state index in [0.29, 0.717) is 34.7 Å². The van der Waals surface area contributed by atoms with Gasteiger partial charge in [-0.05, 0) is 67.4 Å². The number of amides is 1. The zero-order valence-electron chi connectivity index (χ0n) is 19.0. The first kappa shape index (κ1) is 23.3. The van der Waals surface area contributed by atoms with Gasteiger partial charge in [0.15, 0.2) is 18.1 Å². The molecule has 0 radical (unpaired) electrons. The standard InChI is InChI=1S/C24H24ClN5O4/c1-15-12-19(13-16(2)23(15)25)34-14-21(31)26-10-11-33-22-9-8-20-27-28-24(30(20)29-22)17-4-6-18(32-3)7-5-17/h4-9,12-13H,10-11,14H2,1-3H3,(H,26,31). The van der Waals surface area contributed by atoms with Crippen molar-refractivity contribution in [2.45, 2.75) is 13.8 Å². The van der Waals surface area contributed by atoms with Crippen LogP contribution in [-0.4, -0.2) is 52.6 Å². The van der Waals surface area contributed by atoms with E-state index in [4.69, 9.17) is 25.8 Å². The maximum atomic E-state index is 12.1. The number of hydrogen-bond acceptors (Lipinski definition) is 7. The number of carbonyl (C=O) groups excluding carboxylic acids is 1. The van der Waals surface area contributed by atoms with E-state index >= 15 is 0 Å². The largest absolute Gasteiger partial charge is 0.497 e. The summed E-state index contributed by atoms with van der Waals surface area (Å²) in [5.41, 5.74) is 3.24. The van der Waals surface area contributed by atoms with E-state index in [0.717, 1.165) is 22.4 Å². The van der Waals surface area contributed by atoms with Gasteiger partial charge in [-0.2, -0.15) is 4.52 Å². The number of halogens is 1. The van der Waals surface area contributed by atoms with Gasteiger partial charge >= 0.3 is 0 Å². The smallest absolute Gasteiger partial charge is 0.258 e. The number of carbonyl (C=O) groups is 1. The SMILES string of the molecule is COc1ccc(-c2nnc3ccc(OCCNC(=O)COc4cc(C)c(Cl)c(C)c4)nn23)cc1. The second-order valence-electron chi connectivity index (χ2n) is 7.55. The molecule has 0 aliphatic heterocycles. The monoisotopic (exact) mass is 481 g/mol. The van der Waals surface area contributed by atoms with E-state index in [1.54, 1.807) is 35.9 Å². The minimum atomic E-state index is -0.252. The summed E-state index contributed by atoms with van der Waals surface area (Å²) in [6.45, 7) is 4.23. The predicted octanol–water partition coefficient (Wildman–Crippen LogP) is 3.64. The minimum Gasteiger partial charge on any atom is -0.497 e. The van der Waals surface area contributed by atoms with E-state index in [-0.39, 0.29) is 19.1 Å². The lowest BCUT2D eigenvalue weighted by Crippen LogP contribution is -2.32. The Labute approximate surface area is 201 Å². The molecule has 0 unspecified atom stereocenters. The van der Waals surface area contributed by atoms with Crippen LogP contribution in [0, 0.1) is 13.8 Å². The Balaban J connectivity index is 1.29. The molecule has 1 amide bonds. The number of aryl methyl sites for hydroxylation is 2. The Hall–Kier alpha value is -3.85. The topological polar surface area (TPSA) is 99.9 Å². The molecule has 4 rings (SSSR count). The van der Waals surface area contributed by atoms with Crippen LogP contribution in [0.4, 0.5) is 0 Å². The summed E-state index contributed by atoms with van der Waals surface area (Å²) < 4.78 is 18.1. The fourth-order valence-corrected chi connectivity index (χ4v) is 3.41. The van der Waals surface area contributed by atoms with E-state index in [9.17, 15) is 4.79 Å². The van der Waals surface area contributed by atoms with Gasteiger partial charge < -0.3 is 19.5 Å². The fraction of sp³-hybridized carbons (Fsp3) is 0.250. The first-order chi connectivity index (χ1) is 16.4. The fourth-order valence-electron chi connectivity index (χ4n) is 3.30. The summed E-state index contributed by atoms with van der Waals surface area (Å²) in [5, 5.41) is 16.3. The van der Waals surface area contributed by atoms with Crippen molar-refractivity contribution in [3.63, 3.8) is 0 Å². The number of fused-ring (bicyclic) bond motifs is 1. The number of benzene rings is 2. The quantitative estimate of drug-likeness (QED) is 0.364. The molecule has 0 saturated heterocycles. The van der Waals surface area contributed by atoms with Crippen LogP contribution in [0.2, 0.25) is 5.02 Å². The minimum absolute atomic E-state index is 0.101. The molecule has 0 spiro atoms. The van der Waals surface area contributed by atoms with Crippen molar-refractivity contribution < 1.29 is 19.0 Å². The Morgan fingerprint density at radius 2 is 1.74 bits per heavy atom. The third-order valence-corrected chi connectivity index (χ3v) is 5.64. The Bertz CT molecular complexity index is 1280. The Morgan fingerprint density at radius 1 is 1.00 bits per heavy atom. The molecule has 0 aliphatic rings. The summed E-state index contributed by atoms with van der Waals surface area (Å²) in [6.07, 6.45) is 0. The number of nitrogens with one attached hydrogen (secondary N) is 1. The molecule has 176 valence electrons. The second kappa shape index (κ2) is 10.4. The zero-order chi connectivity index (χ0) is 24.1. The normalized spacial score (nSPS) is 10.8. The van der Waals surface area contributed by atoms with Gasteiger partial charge in [-0.25, -0.2) is 0 Å². The van der Waals surface area contributed by atoms with Gasteiger partial charge in [-0.3, -0.25) is 4.79 Å². The van der Waals surface area contributed by atoms with Gasteiger partial charge in [0.05, 0.1) is 13.7 Å². The first-order valence-electron chi connectivity index (χ1n) is 10.6. The molecule has 0 bridgehead atoms. The van der Waals surface area contributed by atoms with Crippen LogP contribution in [0.25, 0.3) is 17.0 Å². The van der Waals surface area contributed by atoms with E-state index in [2.05, 4.69) is 20.6 Å². The maximum Gasteiger partial charge on any atom is 0.258 e. The lowest BCUT2D eigenvalue weighted by atomic mass is 10.1. The van der Waals surface area contributed by atoms with Gasteiger partial charge in [0.2, 0.25) is 5.88 Å². The highest BCUT2D eigenvalue weighted by atomic mass is 35.5. The molecule has 0 aliphatic carbocycles. The second-order valence-corrected chi connectivity index (χ2v) is 7.93. The average Bonchev–Trinajstić information content (AvgIpc) is 3.27.